The topological polar surface area (TPSA) is 85.3 Å². The number of aromatic nitrogens is 1. The molecule has 1 rings (SSSR count). The second-order valence-corrected chi connectivity index (χ2v) is 1.87. The van der Waals surface area contributed by atoms with Gasteiger partial charge in [-0.15, -0.1) is 0 Å². The number of carboxylic acid groups (broad SMARTS) is 2. The van der Waals surface area contributed by atoms with Crippen molar-refractivity contribution in [3.63, 3.8) is 0 Å². The van der Waals surface area contributed by atoms with Gasteiger partial charge in [0.05, 0.1) is 12.8 Å². The maximum Gasteiger partial charge on any atom is 1.00 e. The van der Waals surface area contributed by atoms with Gasteiger partial charge in [-0.25, -0.2) is 0 Å². The van der Waals surface area contributed by atoms with E-state index >= 15 is 0 Å². The van der Waals surface area contributed by atoms with E-state index in [9.17, 15) is 0 Å². The van der Waals surface area contributed by atoms with E-state index < -0.39 is 6.16 Å². The van der Waals surface area contributed by atoms with Gasteiger partial charge in [0.15, 0.2) is 0 Å². The summed E-state index contributed by atoms with van der Waals surface area (Å²) in [5.74, 6) is 0.833. The van der Waals surface area contributed by atoms with Crippen molar-refractivity contribution in [3.8, 4) is 5.75 Å². The second kappa shape index (κ2) is 16.3. The molecule has 0 spiro atoms. The van der Waals surface area contributed by atoms with Gasteiger partial charge < -0.3 is 19.7 Å². The van der Waals surface area contributed by atoms with Gasteiger partial charge in [-0.1, -0.05) is 0 Å². The number of ether oxygens (including phenoxy) is 1. The molecule has 1 heterocycles. The summed E-state index contributed by atoms with van der Waals surface area (Å²) in [5, 5.41) is 16.7. The van der Waals surface area contributed by atoms with Crippen molar-refractivity contribution >= 4 is 6.16 Å². The van der Waals surface area contributed by atoms with Gasteiger partial charge in [0.1, 0.15) is 5.75 Å². The average Bonchev–Trinajstić information content (AvgIpc) is 2.06. The molecule has 0 bridgehead atoms. The van der Waals surface area contributed by atoms with E-state index in [2.05, 4.69) is 4.98 Å². The van der Waals surface area contributed by atoms with E-state index in [1.165, 1.54) is 0 Å². The third-order valence-corrected chi connectivity index (χ3v) is 0.945. The molecule has 0 aromatic carbocycles. The molecule has 0 radical (unpaired) electrons. The third-order valence-electron chi connectivity index (χ3n) is 0.945. The Morgan fingerprint density at radius 1 is 1.47 bits per heavy atom. The smallest absolute Gasteiger partial charge is 0.652 e. The maximum atomic E-state index is 8.33. The molecule has 5 nitrogen and oxygen atoms in total. The van der Waals surface area contributed by atoms with E-state index in [4.69, 9.17) is 19.7 Å². The molecule has 0 saturated carbocycles. The van der Waals surface area contributed by atoms with Crippen LogP contribution in [0.15, 0.2) is 24.5 Å². The fourth-order valence-electron chi connectivity index (χ4n) is 0.599. The van der Waals surface area contributed by atoms with Crippen LogP contribution in [0.25, 0.3) is 0 Å². The Morgan fingerprint density at radius 3 is 2.33 bits per heavy atom. The van der Waals surface area contributed by atoms with Crippen LogP contribution >= 0.6 is 0 Å². The Morgan fingerprint density at radius 2 is 2.00 bits per heavy atom. The molecule has 0 N–H and O–H groups in total. The zero-order valence-electron chi connectivity index (χ0n) is 9.10. The average molecular weight is 449 g/mol. The van der Waals surface area contributed by atoms with Crippen molar-refractivity contribution in [2.24, 2.45) is 0 Å². The Bertz CT molecular complexity index is 242. The minimum atomic E-state index is -2.33. The molecule has 0 atom stereocenters. The van der Waals surface area contributed by atoms with Gasteiger partial charge >= 0.3 is 138 Å². The monoisotopic (exact) mass is 449 g/mol. The molecule has 1 aromatic rings. The zero-order chi connectivity index (χ0) is 10.1. The van der Waals surface area contributed by atoms with Crippen molar-refractivity contribution < 1.29 is 158 Å². The predicted octanol–water partition coefficient (Wildman–Crippen LogP) is -6.96. The summed E-state index contributed by atoms with van der Waals surface area (Å²) in [5.41, 5.74) is 0. The zero-order valence-corrected chi connectivity index (χ0v) is 21.7. The van der Waals surface area contributed by atoms with Crippen LogP contribution in [0.3, 0.4) is 0 Å². The molecular formula is C8H9Cs2NO4. The molecule has 0 unspecified atom stereocenters. The van der Waals surface area contributed by atoms with Crippen molar-refractivity contribution in [3.05, 3.63) is 24.5 Å². The minimum Gasteiger partial charge on any atom is -0.652 e. The summed E-state index contributed by atoms with van der Waals surface area (Å²) in [4.78, 5) is 12.2. The van der Waals surface area contributed by atoms with Crippen molar-refractivity contribution in [1.29, 1.82) is 0 Å². The number of hydrogen-bond acceptors (Lipinski definition) is 5. The van der Waals surface area contributed by atoms with Crippen LogP contribution in [-0.2, 0) is 0 Å². The number of carbonyl (C=O) groups is 1. The Labute approximate surface area is 206 Å². The molecule has 0 aliphatic carbocycles. The largest absolute Gasteiger partial charge is 1.00 e. The molecule has 72 valence electrons. The SMILES string of the molecule is CCOc1cccnc1.O=C([O-])[O-].[Cs+].[Cs+]. The van der Waals surface area contributed by atoms with Gasteiger partial charge in [-0.3, -0.25) is 4.98 Å². The molecule has 0 amide bonds. The molecule has 0 fully saturated rings. The molecular weight excluding hydrogens is 440 g/mol. The van der Waals surface area contributed by atoms with Gasteiger partial charge in [-0.2, -0.15) is 0 Å². The second-order valence-electron chi connectivity index (χ2n) is 1.87. The number of carbonyl (C=O) groups excluding carboxylic acids is 1. The van der Waals surface area contributed by atoms with Crippen LogP contribution in [-0.4, -0.2) is 17.7 Å². The summed E-state index contributed by atoms with van der Waals surface area (Å²) < 4.78 is 5.14. The molecule has 0 saturated heterocycles. The summed E-state index contributed by atoms with van der Waals surface area (Å²) in [6, 6.07) is 3.74. The summed E-state index contributed by atoms with van der Waals surface area (Å²) >= 11 is 0. The maximum absolute atomic E-state index is 8.33. The predicted molar refractivity (Wildman–Crippen MR) is 40.8 cm³/mol. The third kappa shape index (κ3) is 18.9. The minimum absolute atomic E-state index is 0. The molecule has 0 aliphatic rings. The Balaban J connectivity index is -0.000000213. The van der Waals surface area contributed by atoms with Gasteiger partial charge in [0.25, 0.3) is 0 Å². The molecule has 0 aliphatic heterocycles. The van der Waals surface area contributed by atoms with Crippen molar-refractivity contribution in [1.82, 2.24) is 4.98 Å². The van der Waals surface area contributed by atoms with E-state index in [1.54, 1.807) is 12.4 Å². The number of pyridine rings is 1. The Kier molecular flexibility index (Phi) is 24.5. The quantitative estimate of drug-likeness (QED) is 0.449. The standard InChI is InChI=1S/C7H9NO.CH2O3.2Cs/c1-2-9-7-4-3-5-8-6-7;2-1(3)4;;/h3-6H,2H2,1H3;(H2,2,3,4);;/q;;2*+1/p-2. The van der Waals surface area contributed by atoms with Crippen LogP contribution in [0.1, 0.15) is 6.92 Å². The number of hydrogen-bond donors (Lipinski definition) is 0. The first kappa shape index (κ1) is 22.5. The first-order valence-corrected chi connectivity index (χ1v) is 3.57. The normalized spacial score (nSPS) is 7.00. The fraction of sp³-hybridized carbons (Fsp3) is 0.250. The van der Waals surface area contributed by atoms with Crippen molar-refractivity contribution in [2.75, 3.05) is 6.61 Å². The van der Waals surface area contributed by atoms with Crippen LogP contribution in [0.5, 0.6) is 5.75 Å². The van der Waals surface area contributed by atoms with E-state index in [0.717, 1.165) is 5.75 Å². The Hall–Kier alpha value is 2.32. The van der Waals surface area contributed by atoms with Gasteiger partial charge in [-0.05, 0) is 25.2 Å². The molecule has 15 heavy (non-hydrogen) atoms. The number of rotatable bonds is 2. The van der Waals surface area contributed by atoms with Crippen LogP contribution in [0, 0.1) is 0 Å². The summed E-state index contributed by atoms with van der Waals surface area (Å²) in [7, 11) is 0. The van der Waals surface area contributed by atoms with Gasteiger partial charge in [0.2, 0.25) is 0 Å². The van der Waals surface area contributed by atoms with Gasteiger partial charge in [0, 0.05) is 6.20 Å². The van der Waals surface area contributed by atoms with E-state index in [1.807, 2.05) is 19.1 Å². The number of nitrogens with zero attached hydrogens (tertiary/aromatic N) is 1. The van der Waals surface area contributed by atoms with Crippen LogP contribution in [0.2, 0.25) is 0 Å². The van der Waals surface area contributed by atoms with Crippen molar-refractivity contribution in [2.45, 2.75) is 6.92 Å². The molecule has 7 heteroatoms. The summed E-state index contributed by atoms with van der Waals surface area (Å²) in [6.45, 7) is 2.65. The fourth-order valence-corrected chi connectivity index (χ4v) is 0.599. The summed E-state index contributed by atoms with van der Waals surface area (Å²) in [6.07, 6.45) is 1.09. The first-order chi connectivity index (χ1) is 6.16. The van der Waals surface area contributed by atoms with E-state index in [-0.39, 0.29) is 138 Å². The molecule has 1 aromatic heterocycles. The van der Waals surface area contributed by atoms with Crippen LogP contribution in [0.4, 0.5) is 4.79 Å². The van der Waals surface area contributed by atoms with Crippen LogP contribution < -0.4 is 153 Å². The first-order valence-electron chi connectivity index (χ1n) is 3.57. The van der Waals surface area contributed by atoms with E-state index in [0.29, 0.717) is 6.61 Å².